The number of hydrogen-bond donors (Lipinski definition) is 2. The average Bonchev–Trinajstić information content (AvgIpc) is 2.65. The van der Waals surface area contributed by atoms with Gasteiger partial charge in [-0.2, -0.15) is 0 Å². The lowest BCUT2D eigenvalue weighted by Crippen LogP contribution is -2.52. The molecule has 0 radical (unpaired) electrons. The van der Waals surface area contributed by atoms with Gasteiger partial charge in [0.25, 0.3) is 5.91 Å². The fraction of sp³-hybridized carbons (Fsp3) is 0.211. The Balaban J connectivity index is 1.92. The molecule has 2 N–H and O–H groups in total. The number of rotatable bonds is 4. The lowest BCUT2D eigenvalue weighted by molar-refractivity contribution is -0.149. The Morgan fingerprint density at radius 2 is 1.84 bits per heavy atom. The maximum Gasteiger partial charge on any atom is 0.333 e. The number of ether oxygens (including phenoxy) is 1. The highest BCUT2D eigenvalue weighted by molar-refractivity contribution is 6.06. The summed E-state index contributed by atoms with van der Waals surface area (Å²) in [5.74, 6) is -1.07. The van der Waals surface area contributed by atoms with Gasteiger partial charge in [0.15, 0.2) is 12.1 Å². The van der Waals surface area contributed by atoms with Gasteiger partial charge in [-0.25, -0.2) is 4.79 Å². The molecule has 25 heavy (non-hydrogen) atoms. The monoisotopic (exact) mass is 338 g/mol. The van der Waals surface area contributed by atoms with Gasteiger partial charge in [-0.1, -0.05) is 54.6 Å². The van der Waals surface area contributed by atoms with Gasteiger partial charge >= 0.3 is 5.97 Å². The Labute approximate surface area is 145 Å². The van der Waals surface area contributed by atoms with Gasteiger partial charge < -0.3 is 15.2 Å². The van der Waals surface area contributed by atoms with Crippen molar-refractivity contribution in [1.29, 1.82) is 0 Å². The van der Waals surface area contributed by atoms with E-state index in [9.17, 15) is 14.7 Å². The molecule has 0 fully saturated rings. The van der Waals surface area contributed by atoms with Crippen molar-refractivity contribution >= 4 is 17.7 Å². The Bertz CT molecular complexity index is 817. The minimum Gasteiger partial charge on any atom is -0.467 e. The largest absolute Gasteiger partial charge is 0.467 e. The predicted octanol–water partition coefficient (Wildman–Crippen LogP) is 1.33. The molecular formula is C19H18N2O4. The standard InChI is InChI=1S/C19H18N2O4/c1-25-19(24)16-17(22)18(23)21-15(20-16)11-13-9-5-6-10-14(13)12-7-3-2-4-8-12/h2-10,16-17,22H,11H2,1H3,(H,20,21,23). The van der Waals surface area contributed by atoms with Crippen LogP contribution in [0.3, 0.4) is 0 Å². The SMILES string of the molecule is COC(=O)C1N=C(Cc2ccccc2-c2ccccc2)NC(=O)C1O. The van der Waals surface area contributed by atoms with Crippen LogP contribution in [0.2, 0.25) is 0 Å². The first-order valence-corrected chi connectivity index (χ1v) is 7.87. The molecule has 0 spiro atoms. The van der Waals surface area contributed by atoms with E-state index in [4.69, 9.17) is 0 Å². The summed E-state index contributed by atoms with van der Waals surface area (Å²) in [6, 6.07) is 16.4. The molecule has 1 aliphatic rings. The third-order valence-corrected chi connectivity index (χ3v) is 4.03. The lowest BCUT2D eigenvalue weighted by atomic mass is 9.97. The number of aliphatic imine (C=N–C) groups is 1. The van der Waals surface area contributed by atoms with Crippen molar-refractivity contribution in [3.8, 4) is 11.1 Å². The van der Waals surface area contributed by atoms with Crippen LogP contribution in [0.25, 0.3) is 11.1 Å². The molecule has 0 saturated heterocycles. The topological polar surface area (TPSA) is 88.0 Å². The molecule has 2 aromatic rings. The molecule has 1 amide bonds. The number of nitrogens with zero attached hydrogens (tertiary/aromatic N) is 1. The van der Waals surface area contributed by atoms with E-state index >= 15 is 0 Å². The van der Waals surface area contributed by atoms with Crippen LogP contribution in [-0.4, -0.2) is 42.1 Å². The summed E-state index contributed by atoms with van der Waals surface area (Å²) in [6.07, 6.45) is -1.21. The molecule has 6 heteroatoms. The third kappa shape index (κ3) is 3.59. The first kappa shape index (κ1) is 16.9. The number of nitrogens with one attached hydrogen (secondary N) is 1. The molecule has 2 unspecified atom stereocenters. The van der Waals surface area contributed by atoms with Crippen molar-refractivity contribution in [3.05, 3.63) is 60.2 Å². The van der Waals surface area contributed by atoms with Gasteiger partial charge in [0.2, 0.25) is 0 Å². The maximum absolute atomic E-state index is 11.9. The Kier molecular flexibility index (Phi) is 4.90. The first-order valence-electron chi connectivity index (χ1n) is 7.87. The predicted molar refractivity (Wildman–Crippen MR) is 93.0 cm³/mol. The second-order valence-corrected chi connectivity index (χ2v) is 5.68. The van der Waals surface area contributed by atoms with Crippen LogP contribution in [0.4, 0.5) is 0 Å². The number of esters is 1. The molecule has 0 aromatic heterocycles. The van der Waals surface area contributed by atoms with E-state index in [2.05, 4.69) is 15.0 Å². The fourth-order valence-electron chi connectivity index (χ4n) is 2.78. The minimum absolute atomic E-state index is 0.328. The fourth-order valence-corrected chi connectivity index (χ4v) is 2.78. The van der Waals surface area contributed by atoms with Gasteiger partial charge in [0, 0.05) is 6.42 Å². The Morgan fingerprint density at radius 3 is 2.56 bits per heavy atom. The summed E-state index contributed by atoms with van der Waals surface area (Å²) in [4.78, 5) is 27.8. The molecular weight excluding hydrogens is 320 g/mol. The number of carbonyl (C=O) groups is 2. The van der Waals surface area contributed by atoms with E-state index in [-0.39, 0.29) is 0 Å². The molecule has 128 valence electrons. The molecule has 0 aliphatic carbocycles. The zero-order valence-electron chi connectivity index (χ0n) is 13.7. The smallest absolute Gasteiger partial charge is 0.333 e. The number of hydrogen-bond acceptors (Lipinski definition) is 5. The van der Waals surface area contributed by atoms with E-state index < -0.39 is 24.0 Å². The Hall–Kier alpha value is -2.99. The van der Waals surface area contributed by atoms with Crippen LogP contribution in [0, 0.1) is 0 Å². The maximum atomic E-state index is 11.9. The summed E-state index contributed by atoms with van der Waals surface area (Å²) < 4.78 is 4.61. The van der Waals surface area contributed by atoms with E-state index in [0.717, 1.165) is 16.7 Å². The summed E-state index contributed by atoms with van der Waals surface area (Å²) in [7, 11) is 1.20. The molecule has 3 rings (SSSR count). The molecule has 2 atom stereocenters. The average molecular weight is 338 g/mol. The number of amidine groups is 1. The van der Waals surface area contributed by atoms with Crippen LogP contribution in [0.5, 0.6) is 0 Å². The van der Waals surface area contributed by atoms with Crippen molar-refractivity contribution < 1.29 is 19.4 Å². The molecule has 6 nitrogen and oxygen atoms in total. The van der Waals surface area contributed by atoms with Gasteiger partial charge in [0.05, 0.1) is 7.11 Å². The second-order valence-electron chi connectivity index (χ2n) is 5.68. The van der Waals surface area contributed by atoms with Crippen molar-refractivity contribution in [3.63, 3.8) is 0 Å². The molecule has 0 saturated carbocycles. The normalized spacial score (nSPS) is 19.8. The van der Waals surface area contributed by atoms with Crippen LogP contribution in [0.1, 0.15) is 5.56 Å². The zero-order valence-corrected chi connectivity index (χ0v) is 13.7. The summed E-state index contributed by atoms with van der Waals surface area (Å²) >= 11 is 0. The number of carbonyl (C=O) groups excluding carboxylic acids is 2. The highest BCUT2D eigenvalue weighted by Gasteiger charge is 2.37. The van der Waals surface area contributed by atoms with Gasteiger partial charge in [-0.05, 0) is 16.7 Å². The first-order chi connectivity index (χ1) is 12.1. The summed E-state index contributed by atoms with van der Waals surface area (Å²) in [5.41, 5.74) is 3.01. The van der Waals surface area contributed by atoms with Crippen LogP contribution in [0.15, 0.2) is 59.6 Å². The number of amides is 1. The van der Waals surface area contributed by atoms with Gasteiger partial charge in [-0.3, -0.25) is 9.79 Å². The third-order valence-electron chi connectivity index (χ3n) is 4.03. The molecule has 2 aromatic carbocycles. The van der Waals surface area contributed by atoms with Crippen LogP contribution in [-0.2, 0) is 20.7 Å². The molecule has 1 heterocycles. The van der Waals surface area contributed by atoms with Gasteiger partial charge in [-0.15, -0.1) is 0 Å². The van der Waals surface area contributed by atoms with E-state index in [1.807, 2.05) is 54.6 Å². The quantitative estimate of drug-likeness (QED) is 0.823. The van der Waals surface area contributed by atoms with Crippen molar-refractivity contribution in [1.82, 2.24) is 5.32 Å². The number of benzene rings is 2. The molecule has 1 aliphatic heterocycles. The van der Waals surface area contributed by atoms with E-state index in [1.165, 1.54) is 7.11 Å². The molecule has 0 bridgehead atoms. The summed E-state index contributed by atoms with van der Waals surface area (Å²) in [5, 5.41) is 12.4. The van der Waals surface area contributed by atoms with E-state index in [0.29, 0.717) is 12.3 Å². The number of methoxy groups -OCH3 is 1. The van der Waals surface area contributed by atoms with Crippen molar-refractivity contribution in [2.75, 3.05) is 7.11 Å². The lowest BCUT2D eigenvalue weighted by Gasteiger charge is -2.24. The minimum atomic E-state index is -1.54. The number of aliphatic hydroxyl groups excluding tert-OH is 1. The Morgan fingerprint density at radius 1 is 1.16 bits per heavy atom. The highest BCUT2D eigenvalue weighted by atomic mass is 16.5. The number of aliphatic hydroxyl groups is 1. The summed E-state index contributed by atoms with van der Waals surface area (Å²) in [6.45, 7) is 0. The van der Waals surface area contributed by atoms with E-state index in [1.54, 1.807) is 0 Å². The second kappa shape index (κ2) is 7.27. The van der Waals surface area contributed by atoms with Crippen molar-refractivity contribution in [2.45, 2.75) is 18.6 Å². The van der Waals surface area contributed by atoms with Crippen LogP contribution < -0.4 is 5.32 Å². The highest BCUT2D eigenvalue weighted by Crippen LogP contribution is 2.24. The van der Waals surface area contributed by atoms with Crippen LogP contribution >= 0.6 is 0 Å². The zero-order chi connectivity index (χ0) is 17.8. The van der Waals surface area contributed by atoms with Crippen molar-refractivity contribution in [2.24, 2.45) is 4.99 Å². The van der Waals surface area contributed by atoms with Gasteiger partial charge in [0.1, 0.15) is 5.84 Å².